The molecule has 29 heavy (non-hydrogen) atoms. The highest BCUT2D eigenvalue weighted by Gasteiger charge is 2.38. The van der Waals surface area contributed by atoms with Crippen LogP contribution in [0.15, 0.2) is 30.6 Å². The zero-order chi connectivity index (χ0) is 20.4. The van der Waals surface area contributed by atoms with Crippen LogP contribution in [-0.2, 0) is 6.18 Å². The highest BCUT2D eigenvalue weighted by Crippen LogP contribution is 2.33. The fourth-order valence-corrected chi connectivity index (χ4v) is 4.26. The van der Waals surface area contributed by atoms with Gasteiger partial charge in [0.15, 0.2) is 0 Å². The van der Waals surface area contributed by atoms with E-state index in [1.807, 2.05) is 0 Å². The van der Waals surface area contributed by atoms with Gasteiger partial charge in [-0.15, -0.1) is 0 Å². The first kappa shape index (κ1) is 19.7. The van der Waals surface area contributed by atoms with Gasteiger partial charge in [-0.1, -0.05) is 0 Å². The number of aromatic nitrogens is 3. The minimum atomic E-state index is -4.46. The van der Waals surface area contributed by atoms with E-state index in [-0.39, 0.29) is 12.5 Å². The van der Waals surface area contributed by atoms with E-state index in [0.717, 1.165) is 36.7 Å². The van der Waals surface area contributed by atoms with Crippen LogP contribution in [0.4, 0.5) is 19.0 Å². The molecule has 0 aliphatic carbocycles. The molecule has 1 atom stereocenters. The molecule has 2 saturated heterocycles. The summed E-state index contributed by atoms with van der Waals surface area (Å²) in [5.41, 5.74) is -0.251. The molecule has 0 spiro atoms. The van der Waals surface area contributed by atoms with Crippen molar-refractivity contribution >= 4 is 11.7 Å². The summed E-state index contributed by atoms with van der Waals surface area (Å²) in [6.45, 7) is 2.45. The van der Waals surface area contributed by atoms with Gasteiger partial charge in [0.05, 0.1) is 11.6 Å². The normalized spacial score (nSPS) is 20.7. The largest absolute Gasteiger partial charge is 0.433 e. The second-order valence-electron chi connectivity index (χ2n) is 7.63. The monoisotopic (exact) mass is 407 g/mol. The van der Waals surface area contributed by atoms with Crippen LogP contribution >= 0.6 is 0 Å². The van der Waals surface area contributed by atoms with Crippen molar-refractivity contribution in [3.8, 4) is 0 Å². The third-order valence-corrected chi connectivity index (χ3v) is 5.66. The topological polar surface area (TPSA) is 54.3 Å². The van der Waals surface area contributed by atoms with Gasteiger partial charge < -0.3 is 9.80 Å². The molecule has 4 rings (SSSR count). The molecule has 2 aromatic heterocycles. The summed E-state index contributed by atoms with van der Waals surface area (Å²) >= 11 is 0. The van der Waals surface area contributed by atoms with Crippen molar-refractivity contribution in [2.24, 2.45) is 0 Å². The Labute approximate surface area is 167 Å². The summed E-state index contributed by atoms with van der Waals surface area (Å²) in [5, 5.41) is 3.90. The molecule has 156 valence electrons. The predicted octanol–water partition coefficient (Wildman–Crippen LogP) is 3.76. The summed E-state index contributed by atoms with van der Waals surface area (Å²) in [6.07, 6.45) is 2.87. The molecule has 2 aromatic rings. The van der Waals surface area contributed by atoms with E-state index in [2.05, 4.69) is 15.0 Å². The van der Waals surface area contributed by atoms with Gasteiger partial charge in [0.1, 0.15) is 11.5 Å². The number of carbonyl (C=O) groups is 1. The number of halogens is 3. The number of hydrogen-bond acceptors (Lipinski definition) is 4. The molecule has 0 aromatic carbocycles. The van der Waals surface area contributed by atoms with Gasteiger partial charge in [-0.25, -0.2) is 4.98 Å². The molecule has 4 heterocycles. The highest BCUT2D eigenvalue weighted by atomic mass is 19.4. The van der Waals surface area contributed by atoms with Crippen LogP contribution < -0.4 is 4.90 Å². The Kier molecular flexibility index (Phi) is 5.47. The van der Waals surface area contributed by atoms with Crippen LogP contribution in [0, 0.1) is 0 Å². The minimum Gasteiger partial charge on any atom is -0.356 e. The number of piperidine rings is 2. The average Bonchev–Trinajstić information content (AvgIpc) is 3.25. The summed E-state index contributed by atoms with van der Waals surface area (Å²) in [7, 11) is 0. The zero-order valence-corrected chi connectivity index (χ0v) is 16.1. The second kappa shape index (κ2) is 8.04. The lowest BCUT2D eigenvalue weighted by Gasteiger charge is -2.35. The number of anilines is 1. The standard InChI is InChI=1S/C20H24F3N5O/c21-20(22,23)17-8-10-25-28(17)15-6-5-13-27(14-15)19(29)16-7-4-9-24-18(16)26-11-2-1-3-12-26/h4,7-10,15H,1-3,5-6,11-14H2/t15-/m0/s1. The summed E-state index contributed by atoms with van der Waals surface area (Å²) in [6, 6.07) is 3.99. The summed E-state index contributed by atoms with van der Waals surface area (Å²) in [4.78, 5) is 21.5. The number of pyridine rings is 1. The smallest absolute Gasteiger partial charge is 0.356 e. The predicted molar refractivity (Wildman–Crippen MR) is 102 cm³/mol. The maximum atomic E-state index is 13.3. The molecule has 0 radical (unpaired) electrons. The Morgan fingerprint density at radius 1 is 1.03 bits per heavy atom. The molecule has 9 heteroatoms. The Hall–Kier alpha value is -2.58. The van der Waals surface area contributed by atoms with Gasteiger partial charge in [-0.3, -0.25) is 9.48 Å². The SMILES string of the molecule is O=C(c1cccnc1N1CCCCC1)N1CCC[C@H](n2nccc2C(F)(F)F)C1. The van der Waals surface area contributed by atoms with E-state index in [1.165, 1.54) is 12.6 Å². The fraction of sp³-hybridized carbons (Fsp3) is 0.550. The average molecular weight is 407 g/mol. The third kappa shape index (κ3) is 4.09. The van der Waals surface area contributed by atoms with Crippen molar-refractivity contribution in [2.75, 3.05) is 31.1 Å². The third-order valence-electron chi connectivity index (χ3n) is 5.66. The van der Waals surface area contributed by atoms with Crippen LogP contribution in [0.1, 0.15) is 54.2 Å². The second-order valence-corrected chi connectivity index (χ2v) is 7.63. The maximum absolute atomic E-state index is 13.3. The number of carbonyl (C=O) groups excluding carboxylic acids is 1. The number of nitrogens with zero attached hydrogens (tertiary/aromatic N) is 5. The van der Waals surface area contributed by atoms with Gasteiger partial charge in [0.2, 0.25) is 0 Å². The van der Waals surface area contributed by atoms with Crippen LogP contribution in [0.25, 0.3) is 0 Å². The van der Waals surface area contributed by atoms with Crippen LogP contribution in [0.5, 0.6) is 0 Å². The van der Waals surface area contributed by atoms with Crippen LogP contribution in [-0.4, -0.2) is 51.8 Å². The molecular formula is C20H24F3N5O. The number of hydrogen-bond donors (Lipinski definition) is 0. The lowest BCUT2D eigenvalue weighted by molar-refractivity contribution is -0.145. The molecule has 6 nitrogen and oxygen atoms in total. The zero-order valence-electron chi connectivity index (χ0n) is 16.1. The van der Waals surface area contributed by atoms with Gasteiger partial charge >= 0.3 is 6.18 Å². The fourth-order valence-electron chi connectivity index (χ4n) is 4.26. The Morgan fingerprint density at radius 2 is 1.83 bits per heavy atom. The Morgan fingerprint density at radius 3 is 2.59 bits per heavy atom. The first-order chi connectivity index (χ1) is 13.9. The lowest BCUT2D eigenvalue weighted by Crippen LogP contribution is -2.42. The van der Waals surface area contributed by atoms with Gasteiger partial charge in [-0.05, 0) is 50.3 Å². The van der Waals surface area contributed by atoms with E-state index >= 15 is 0 Å². The number of rotatable bonds is 3. The van der Waals surface area contributed by atoms with E-state index in [0.29, 0.717) is 30.8 Å². The molecule has 1 amide bonds. The van der Waals surface area contributed by atoms with Crippen molar-refractivity contribution < 1.29 is 18.0 Å². The van der Waals surface area contributed by atoms with Crippen LogP contribution in [0.2, 0.25) is 0 Å². The number of amides is 1. The molecule has 0 N–H and O–H groups in total. The van der Waals surface area contributed by atoms with Crippen molar-refractivity contribution in [3.63, 3.8) is 0 Å². The molecule has 2 fully saturated rings. The first-order valence-corrected chi connectivity index (χ1v) is 10.0. The van der Waals surface area contributed by atoms with Crippen molar-refractivity contribution in [1.29, 1.82) is 0 Å². The molecule has 0 unspecified atom stereocenters. The van der Waals surface area contributed by atoms with E-state index < -0.39 is 17.9 Å². The quantitative estimate of drug-likeness (QED) is 0.777. The van der Waals surface area contributed by atoms with E-state index in [1.54, 1.807) is 23.2 Å². The number of alkyl halides is 3. The summed E-state index contributed by atoms with van der Waals surface area (Å²) < 4.78 is 40.8. The highest BCUT2D eigenvalue weighted by molar-refractivity contribution is 5.99. The van der Waals surface area contributed by atoms with Gasteiger partial charge in [0.25, 0.3) is 5.91 Å². The Balaban J connectivity index is 1.55. The molecule has 2 aliphatic heterocycles. The van der Waals surface area contributed by atoms with Gasteiger partial charge in [0, 0.05) is 38.6 Å². The lowest BCUT2D eigenvalue weighted by atomic mass is 10.0. The molecule has 0 saturated carbocycles. The van der Waals surface area contributed by atoms with Crippen molar-refractivity contribution in [2.45, 2.75) is 44.3 Å². The summed E-state index contributed by atoms with van der Waals surface area (Å²) in [5.74, 6) is 0.499. The Bertz CT molecular complexity index is 860. The van der Waals surface area contributed by atoms with Crippen molar-refractivity contribution in [3.05, 3.63) is 41.9 Å². The minimum absolute atomic E-state index is 0.177. The van der Waals surface area contributed by atoms with E-state index in [4.69, 9.17) is 0 Å². The molecule has 2 aliphatic rings. The maximum Gasteiger partial charge on any atom is 0.433 e. The molecule has 0 bridgehead atoms. The van der Waals surface area contributed by atoms with Crippen molar-refractivity contribution in [1.82, 2.24) is 19.7 Å². The van der Waals surface area contributed by atoms with E-state index in [9.17, 15) is 18.0 Å². The molecular weight excluding hydrogens is 383 g/mol. The van der Waals surface area contributed by atoms with Crippen LogP contribution in [0.3, 0.4) is 0 Å². The first-order valence-electron chi connectivity index (χ1n) is 10.0. The number of likely N-dealkylation sites (tertiary alicyclic amines) is 1. The van der Waals surface area contributed by atoms with Gasteiger partial charge in [-0.2, -0.15) is 18.3 Å².